The van der Waals surface area contributed by atoms with Crippen molar-refractivity contribution in [3.05, 3.63) is 58.6 Å². The molecule has 0 unspecified atom stereocenters. The smallest absolute Gasteiger partial charge is 0.248 e. The first-order valence-electron chi connectivity index (χ1n) is 6.59. The van der Waals surface area contributed by atoms with Crippen LogP contribution in [0, 0.1) is 0 Å². The van der Waals surface area contributed by atoms with Gasteiger partial charge in [-0.3, -0.25) is 4.79 Å². The summed E-state index contributed by atoms with van der Waals surface area (Å²) in [5.74, 6) is 0.980. The summed E-state index contributed by atoms with van der Waals surface area (Å²) >= 11 is 3.37. The molecule has 0 aliphatic rings. The van der Waals surface area contributed by atoms with E-state index in [0.29, 0.717) is 17.2 Å². The van der Waals surface area contributed by atoms with Gasteiger partial charge in [-0.05, 0) is 35.9 Å². The number of amides is 1. The van der Waals surface area contributed by atoms with Crippen LogP contribution in [0.5, 0.6) is 11.5 Å². The summed E-state index contributed by atoms with van der Waals surface area (Å²) in [7, 11) is 3.12. The zero-order chi connectivity index (χ0) is 15.9. The number of benzene rings is 2. The number of nitrogens with one attached hydrogen (secondary N) is 1. The normalized spacial score (nSPS) is 10.5. The molecule has 0 spiro atoms. The summed E-state index contributed by atoms with van der Waals surface area (Å²) in [5.41, 5.74) is 1.50. The Hall–Kier alpha value is -2.27. The highest BCUT2D eigenvalue weighted by atomic mass is 79.9. The average Bonchev–Trinajstić information content (AvgIpc) is 2.54. The lowest BCUT2D eigenvalue weighted by atomic mass is 10.2. The summed E-state index contributed by atoms with van der Waals surface area (Å²) in [6.45, 7) is 0. The highest BCUT2D eigenvalue weighted by Gasteiger charge is 2.07. The highest BCUT2D eigenvalue weighted by Crippen LogP contribution is 2.28. The molecule has 0 saturated carbocycles. The van der Waals surface area contributed by atoms with Gasteiger partial charge < -0.3 is 14.8 Å². The molecule has 0 bridgehead atoms. The number of carbonyl (C=O) groups excluding carboxylic acids is 1. The van der Waals surface area contributed by atoms with Crippen molar-refractivity contribution in [1.29, 1.82) is 0 Å². The molecule has 0 heterocycles. The molecule has 0 radical (unpaired) electrons. The fourth-order valence-corrected chi connectivity index (χ4v) is 2.10. The Bertz CT molecular complexity index is 681. The maximum atomic E-state index is 12.0. The summed E-state index contributed by atoms with van der Waals surface area (Å²) in [6, 6.07) is 12.9. The van der Waals surface area contributed by atoms with Gasteiger partial charge in [0.05, 0.1) is 19.9 Å². The van der Waals surface area contributed by atoms with Crippen LogP contribution in [0.2, 0.25) is 0 Å². The van der Waals surface area contributed by atoms with E-state index in [1.807, 2.05) is 24.3 Å². The van der Waals surface area contributed by atoms with Crippen LogP contribution in [0.1, 0.15) is 5.56 Å². The van der Waals surface area contributed by atoms with Gasteiger partial charge in [0.1, 0.15) is 11.5 Å². The van der Waals surface area contributed by atoms with Gasteiger partial charge in [0.25, 0.3) is 0 Å². The van der Waals surface area contributed by atoms with Gasteiger partial charge in [0, 0.05) is 16.6 Å². The van der Waals surface area contributed by atoms with Crippen molar-refractivity contribution >= 4 is 33.6 Å². The molecule has 0 atom stereocenters. The first-order valence-corrected chi connectivity index (χ1v) is 7.38. The summed E-state index contributed by atoms with van der Waals surface area (Å²) in [6.07, 6.45) is 3.22. The summed E-state index contributed by atoms with van der Waals surface area (Å²) in [5, 5.41) is 2.78. The Kier molecular flexibility index (Phi) is 5.61. The molecule has 2 aromatic carbocycles. The second-order valence-corrected chi connectivity index (χ2v) is 5.36. The molecular formula is C17H16BrNO3. The minimum Gasteiger partial charge on any atom is -0.497 e. The van der Waals surface area contributed by atoms with Crippen LogP contribution in [0.25, 0.3) is 6.08 Å². The van der Waals surface area contributed by atoms with E-state index in [1.54, 1.807) is 38.5 Å². The number of rotatable bonds is 5. The highest BCUT2D eigenvalue weighted by molar-refractivity contribution is 9.10. The van der Waals surface area contributed by atoms with E-state index in [-0.39, 0.29) is 5.91 Å². The maximum Gasteiger partial charge on any atom is 0.248 e. The fourth-order valence-electron chi connectivity index (χ4n) is 1.83. The van der Waals surface area contributed by atoms with Crippen molar-refractivity contribution in [3.8, 4) is 11.5 Å². The quantitative estimate of drug-likeness (QED) is 0.814. The Morgan fingerprint density at radius 3 is 2.45 bits per heavy atom. The van der Waals surface area contributed by atoms with Crippen LogP contribution in [-0.2, 0) is 4.79 Å². The van der Waals surface area contributed by atoms with Gasteiger partial charge in [-0.15, -0.1) is 0 Å². The van der Waals surface area contributed by atoms with Crippen molar-refractivity contribution in [3.63, 3.8) is 0 Å². The number of ether oxygens (including phenoxy) is 2. The van der Waals surface area contributed by atoms with E-state index < -0.39 is 0 Å². The molecule has 2 aromatic rings. The predicted octanol–water partition coefficient (Wildman–Crippen LogP) is 4.12. The zero-order valence-electron chi connectivity index (χ0n) is 12.3. The molecule has 0 fully saturated rings. The molecular weight excluding hydrogens is 346 g/mol. The van der Waals surface area contributed by atoms with E-state index in [9.17, 15) is 4.79 Å². The number of carbonyl (C=O) groups is 1. The van der Waals surface area contributed by atoms with Gasteiger partial charge in [-0.2, -0.15) is 0 Å². The third kappa shape index (κ3) is 4.36. The third-order valence-electron chi connectivity index (χ3n) is 2.96. The maximum absolute atomic E-state index is 12.0. The molecule has 1 N–H and O–H groups in total. The van der Waals surface area contributed by atoms with Crippen LogP contribution >= 0.6 is 15.9 Å². The molecule has 0 aromatic heterocycles. The zero-order valence-corrected chi connectivity index (χ0v) is 13.9. The number of halogens is 1. The number of methoxy groups -OCH3 is 2. The van der Waals surface area contributed by atoms with Crippen molar-refractivity contribution in [1.82, 2.24) is 0 Å². The van der Waals surface area contributed by atoms with Crippen molar-refractivity contribution < 1.29 is 14.3 Å². The van der Waals surface area contributed by atoms with Gasteiger partial charge in [0.2, 0.25) is 5.91 Å². The topological polar surface area (TPSA) is 47.6 Å². The summed E-state index contributed by atoms with van der Waals surface area (Å²) < 4.78 is 11.4. The van der Waals surface area contributed by atoms with Gasteiger partial charge in [-0.25, -0.2) is 0 Å². The summed E-state index contributed by atoms with van der Waals surface area (Å²) in [4.78, 5) is 12.0. The lowest BCUT2D eigenvalue weighted by Gasteiger charge is -2.10. The lowest BCUT2D eigenvalue weighted by Crippen LogP contribution is -2.09. The van der Waals surface area contributed by atoms with Crippen LogP contribution in [0.3, 0.4) is 0 Å². The monoisotopic (exact) mass is 361 g/mol. The van der Waals surface area contributed by atoms with Crippen LogP contribution in [0.15, 0.2) is 53.0 Å². The largest absolute Gasteiger partial charge is 0.497 e. The standard InChI is InChI=1S/C17H16BrNO3/c1-21-14-8-9-16(22-2)15(11-14)19-17(20)10-5-12-3-6-13(18)7-4-12/h3-11H,1-2H3,(H,19,20). The number of anilines is 1. The molecule has 2 rings (SSSR count). The molecule has 22 heavy (non-hydrogen) atoms. The first kappa shape index (κ1) is 16.1. The van der Waals surface area contributed by atoms with E-state index >= 15 is 0 Å². The minimum absolute atomic E-state index is 0.241. The fraction of sp³-hybridized carbons (Fsp3) is 0.118. The number of hydrogen-bond donors (Lipinski definition) is 1. The molecule has 114 valence electrons. The Labute approximate surface area is 137 Å². The van der Waals surface area contributed by atoms with E-state index in [0.717, 1.165) is 10.0 Å². The van der Waals surface area contributed by atoms with Crippen LogP contribution in [0.4, 0.5) is 5.69 Å². The molecule has 4 nitrogen and oxygen atoms in total. The minimum atomic E-state index is -0.241. The predicted molar refractivity (Wildman–Crippen MR) is 91.4 cm³/mol. The van der Waals surface area contributed by atoms with E-state index in [2.05, 4.69) is 21.2 Å². The van der Waals surface area contributed by atoms with E-state index in [1.165, 1.54) is 6.08 Å². The van der Waals surface area contributed by atoms with E-state index in [4.69, 9.17) is 9.47 Å². The van der Waals surface area contributed by atoms with Crippen LogP contribution < -0.4 is 14.8 Å². The van der Waals surface area contributed by atoms with Crippen molar-refractivity contribution in [2.75, 3.05) is 19.5 Å². The molecule has 0 aliphatic heterocycles. The molecule has 0 aliphatic carbocycles. The van der Waals surface area contributed by atoms with Gasteiger partial charge in [-0.1, -0.05) is 28.1 Å². The Morgan fingerprint density at radius 2 is 1.82 bits per heavy atom. The Balaban J connectivity index is 2.09. The molecule has 1 amide bonds. The third-order valence-corrected chi connectivity index (χ3v) is 3.49. The van der Waals surface area contributed by atoms with Crippen molar-refractivity contribution in [2.24, 2.45) is 0 Å². The van der Waals surface area contributed by atoms with Gasteiger partial charge >= 0.3 is 0 Å². The lowest BCUT2D eigenvalue weighted by molar-refractivity contribution is -0.111. The average molecular weight is 362 g/mol. The number of hydrogen-bond acceptors (Lipinski definition) is 3. The first-order chi connectivity index (χ1) is 10.6. The van der Waals surface area contributed by atoms with Crippen molar-refractivity contribution in [2.45, 2.75) is 0 Å². The van der Waals surface area contributed by atoms with Gasteiger partial charge in [0.15, 0.2) is 0 Å². The SMILES string of the molecule is COc1ccc(OC)c(NC(=O)C=Cc2ccc(Br)cc2)c1. The second kappa shape index (κ2) is 7.66. The molecule has 5 heteroatoms. The molecule has 0 saturated heterocycles. The second-order valence-electron chi connectivity index (χ2n) is 4.44. The Morgan fingerprint density at radius 1 is 1.09 bits per heavy atom. The van der Waals surface area contributed by atoms with Crippen LogP contribution in [-0.4, -0.2) is 20.1 Å².